The fraction of sp³-hybridized carbons (Fsp3) is 0.714. The van der Waals surface area contributed by atoms with Crippen molar-refractivity contribution in [3.63, 3.8) is 0 Å². The Kier molecular flexibility index (Phi) is 2.49. The molecule has 0 aromatic heterocycles. The Labute approximate surface area is 102 Å². The molecule has 0 aromatic carbocycles. The van der Waals surface area contributed by atoms with Gasteiger partial charge in [-0.25, -0.2) is 0 Å². The first kappa shape index (κ1) is 12.3. The van der Waals surface area contributed by atoms with E-state index in [1.165, 1.54) is 0 Å². The zero-order valence-electron chi connectivity index (χ0n) is 11.2. The average Bonchev–Trinajstić information content (AvgIpc) is 2.41. The summed E-state index contributed by atoms with van der Waals surface area (Å²) in [6.45, 7) is 10.1. The molecule has 94 valence electrons. The van der Waals surface area contributed by atoms with Gasteiger partial charge in [-0.15, -0.1) is 0 Å². The van der Waals surface area contributed by atoms with Crippen LogP contribution in [0.15, 0.2) is 11.6 Å². The van der Waals surface area contributed by atoms with Crippen LogP contribution in [-0.2, 0) is 14.3 Å². The highest BCUT2D eigenvalue weighted by Crippen LogP contribution is 2.68. The Balaban J connectivity index is 1.99. The Morgan fingerprint density at radius 1 is 1.29 bits per heavy atom. The van der Waals surface area contributed by atoms with E-state index in [0.29, 0.717) is 12.0 Å². The number of ether oxygens (including phenoxy) is 1. The maximum Gasteiger partial charge on any atom is 0.310 e. The molecule has 1 fully saturated rings. The van der Waals surface area contributed by atoms with Gasteiger partial charge in [0.1, 0.15) is 6.10 Å². The van der Waals surface area contributed by atoms with Crippen LogP contribution >= 0.6 is 0 Å². The molecular formula is C14H20O3. The summed E-state index contributed by atoms with van der Waals surface area (Å²) in [4.78, 5) is 23.4. The number of rotatable bonds is 2. The van der Waals surface area contributed by atoms with Crippen LogP contribution in [0.3, 0.4) is 0 Å². The molecule has 3 heteroatoms. The number of hydrogen-bond acceptors (Lipinski definition) is 3. The van der Waals surface area contributed by atoms with Gasteiger partial charge < -0.3 is 4.74 Å². The van der Waals surface area contributed by atoms with Crippen molar-refractivity contribution in [3.8, 4) is 0 Å². The molecule has 2 rings (SSSR count). The van der Waals surface area contributed by atoms with Gasteiger partial charge in [-0.3, -0.25) is 9.59 Å². The lowest BCUT2D eigenvalue weighted by Crippen LogP contribution is -2.19. The third kappa shape index (κ3) is 1.72. The van der Waals surface area contributed by atoms with E-state index in [0.717, 1.165) is 0 Å². The molecule has 3 nitrogen and oxygen atoms in total. The van der Waals surface area contributed by atoms with Gasteiger partial charge in [0, 0.05) is 0 Å². The lowest BCUT2D eigenvalue weighted by molar-refractivity contribution is -0.150. The maximum absolute atomic E-state index is 12.0. The van der Waals surface area contributed by atoms with Crippen molar-refractivity contribution in [2.24, 2.45) is 16.7 Å². The van der Waals surface area contributed by atoms with Crippen molar-refractivity contribution in [2.75, 3.05) is 0 Å². The first-order valence-electron chi connectivity index (χ1n) is 6.10. The molecule has 1 atom stereocenters. The van der Waals surface area contributed by atoms with Crippen LogP contribution in [0.25, 0.3) is 0 Å². The molecule has 0 aromatic rings. The minimum absolute atomic E-state index is 0.00848. The number of hydrogen-bond donors (Lipinski definition) is 0. The van der Waals surface area contributed by atoms with Crippen LogP contribution in [-0.4, -0.2) is 17.9 Å². The quantitative estimate of drug-likeness (QED) is 0.692. The van der Waals surface area contributed by atoms with Crippen molar-refractivity contribution in [3.05, 3.63) is 11.6 Å². The van der Waals surface area contributed by atoms with Crippen molar-refractivity contribution < 1.29 is 14.3 Å². The summed E-state index contributed by atoms with van der Waals surface area (Å²) in [7, 11) is 0. The zero-order chi connectivity index (χ0) is 13.0. The van der Waals surface area contributed by atoms with Gasteiger partial charge in [0.15, 0.2) is 5.78 Å². The summed E-state index contributed by atoms with van der Waals surface area (Å²) in [5.74, 6) is -0.139. The fourth-order valence-corrected chi connectivity index (χ4v) is 2.85. The Bertz CT molecular complexity index is 401. The second-order valence-electron chi connectivity index (χ2n) is 6.33. The van der Waals surface area contributed by atoms with Crippen LogP contribution in [0.1, 0.15) is 41.0 Å². The normalized spacial score (nSPS) is 30.1. The van der Waals surface area contributed by atoms with Crippen molar-refractivity contribution in [2.45, 2.75) is 47.1 Å². The number of carbonyl (C=O) groups is 2. The Morgan fingerprint density at radius 2 is 1.82 bits per heavy atom. The standard InChI is InChI=1S/C14H20O3/c1-8-6-9(7-10(8)15)17-12(16)11-13(2,3)14(11,4)5/h6,9,11H,7H2,1-5H3. The van der Waals surface area contributed by atoms with Crippen molar-refractivity contribution in [1.29, 1.82) is 0 Å². The minimum Gasteiger partial charge on any atom is -0.457 e. The number of ketones is 1. The molecule has 0 amide bonds. The van der Waals surface area contributed by atoms with E-state index in [2.05, 4.69) is 27.7 Å². The van der Waals surface area contributed by atoms with E-state index < -0.39 is 0 Å². The monoisotopic (exact) mass is 236 g/mol. The summed E-state index contributed by atoms with van der Waals surface area (Å²) < 4.78 is 5.41. The lowest BCUT2D eigenvalue weighted by Gasteiger charge is -2.10. The zero-order valence-corrected chi connectivity index (χ0v) is 11.2. The number of Topliss-reactive ketones (excluding diaryl/α,β-unsaturated/α-hetero) is 1. The minimum atomic E-state index is -0.345. The van der Waals surface area contributed by atoms with Gasteiger partial charge in [-0.2, -0.15) is 0 Å². The molecule has 17 heavy (non-hydrogen) atoms. The first-order valence-corrected chi connectivity index (χ1v) is 6.10. The summed E-state index contributed by atoms with van der Waals surface area (Å²) in [5, 5.41) is 0. The average molecular weight is 236 g/mol. The highest BCUT2D eigenvalue weighted by atomic mass is 16.5. The lowest BCUT2D eigenvalue weighted by atomic mass is 10.0. The number of allylic oxidation sites excluding steroid dienone is 1. The van der Waals surface area contributed by atoms with E-state index in [4.69, 9.17) is 4.74 Å². The van der Waals surface area contributed by atoms with Gasteiger partial charge in [0.05, 0.1) is 12.3 Å². The molecule has 0 N–H and O–H groups in total. The topological polar surface area (TPSA) is 43.4 Å². The highest BCUT2D eigenvalue weighted by molar-refractivity contribution is 5.98. The van der Waals surface area contributed by atoms with E-state index in [-0.39, 0.29) is 34.6 Å². The molecule has 2 aliphatic carbocycles. The van der Waals surface area contributed by atoms with E-state index in [1.54, 1.807) is 13.0 Å². The molecular weight excluding hydrogens is 216 g/mol. The van der Waals surface area contributed by atoms with Gasteiger partial charge in [-0.05, 0) is 29.4 Å². The molecule has 0 radical (unpaired) electrons. The van der Waals surface area contributed by atoms with Gasteiger partial charge >= 0.3 is 5.97 Å². The van der Waals surface area contributed by atoms with Crippen LogP contribution in [0.5, 0.6) is 0 Å². The molecule has 0 bridgehead atoms. The predicted octanol–water partition coefficient (Wildman–Crippen LogP) is 2.50. The van der Waals surface area contributed by atoms with Gasteiger partial charge in [0.2, 0.25) is 0 Å². The van der Waals surface area contributed by atoms with Crippen molar-refractivity contribution >= 4 is 11.8 Å². The molecule has 1 saturated carbocycles. The molecule has 0 spiro atoms. The molecule has 0 saturated heterocycles. The maximum atomic E-state index is 12.0. The first-order chi connectivity index (χ1) is 7.68. The molecule has 1 unspecified atom stereocenters. The van der Waals surface area contributed by atoms with Gasteiger partial charge in [-0.1, -0.05) is 27.7 Å². The SMILES string of the molecule is CC1=CC(OC(=O)C2C(C)(C)C2(C)C)CC1=O. The van der Waals surface area contributed by atoms with Crippen molar-refractivity contribution in [1.82, 2.24) is 0 Å². The Hall–Kier alpha value is -1.12. The third-order valence-corrected chi connectivity index (χ3v) is 4.79. The summed E-state index contributed by atoms with van der Waals surface area (Å²) >= 11 is 0. The van der Waals surface area contributed by atoms with Crippen LogP contribution in [0.2, 0.25) is 0 Å². The summed E-state index contributed by atoms with van der Waals surface area (Å²) in [6.07, 6.45) is 1.72. The van der Waals surface area contributed by atoms with Crippen LogP contribution in [0.4, 0.5) is 0 Å². The van der Waals surface area contributed by atoms with E-state index in [9.17, 15) is 9.59 Å². The summed E-state index contributed by atoms with van der Waals surface area (Å²) in [5.41, 5.74) is 0.689. The molecule has 0 heterocycles. The smallest absolute Gasteiger partial charge is 0.310 e. The van der Waals surface area contributed by atoms with E-state index >= 15 is 0 Å². The van der Waals surface area contributed by atoms with Crippen LogP contribution < -0.4 is 0 Å². The number of esters is 1. The second-order valence-corrected chi connectivity index (χ2v) is 6.33. The predicted molar refractivity (Wildman–Crippen MR) is 64.3 cm³/mol. The van der Waals surface area contributed by atoms with Crippen LogP contribution in [0, 0.1) is 16.7 Å². The highest BCUT2D eigenvalue weighted by Gasteiger charge is 2.69. The fourth-order valence-electron chi connectivity index (χ4n) is 2.85. The molecule has 2 aliphatic rings. The van der Waals surface area contributed by atoms with Gasteiger partial charge in [0.25, 0.3) is 0 Å². The largest absolute Gasteiger partial charge is 0.457 e. The Morgan fingerprint density at radius 3 is 2.18 bits per heavy atom. The van der Waals surface area contributed by atoms with E-state index in [1.807, 2.05) is 0 Å². The summed E-state index contributed by atoms with van der Waals surface area (Å²) in [6, 6.07) is 0. The second kappa shape index (κ2) is 3.44. The molecule has 0 aliphatic heterocycles. The third-order valence-electron chi connectivity index (χ3n) is 4.79. The number of carbonyl (C=O) groups excluding carboxylic acids is 2.